The van der Waals surface area contributed by atoms with E-state index in [0.29, 0.717) is 28.3 Å². The predicted molar refractivity (Wildman–Crippen MR) is 109 cm³/mol. The van der Waals surface area contributed by atoms with Crippen molar-refractivity contribution in [1.29, 1.82) is 5.26 Å². The van der Waals surface area contributed by atoms with Crippen molar-refractivity contribution in [2.24, 2.45) is 0 Å². The fourth-order valence-corrected chi connectivity index (χ4v) is 3.09. The summed E-state index contributed by atoms with van der Waals surface area (Å²) in [5, 5.41) is 16.7. The molecule has 138 valence electrons. The molecule has 3 aromatic carbocycles. The first-order valence-electron chi connectivity index (χ1n) is 8.71. The van der Waals surface area contributed by atoms with Gasteiger partial charge >= 0.3 is 0 Å². The minimum Gasteiger partial charge on any atom is -0.495 e. The Morgan fingerprint density at radius 3 is 2.75 bits per heavy atom. The first kappa shape index (κ1) is 17.4. The third-order valence-corrected chi connectivity index (χ3v) is 4.42. The van der Waals surface area contributed by atoms with Crippen LogP contribution in [0.15, 0.2) is 65.1 Å². The summed E-state index contributed by atoms with van der Waals surface area (Å²) >= 11 is 0. The largest absolute Gasteiger partial charge is 0.495 e. The number of nitrogens with zero attached hydrogens (tertiary/aromatic N) is 1. The fraction of sp³-hybridized carbons (Fsp3) is 0.0909. The highest BCUT2D eigenvalue weighted by Crippen LogP contribution is 2.36. The third kappa shape index (κ3) is 3.33. The maximum Gasteiger partial charge on any atom is 0.243 e. The molecule has 1 heterocycles. The number of ether oxygens (including phenoxy) is 1. The Hall–Kier alpha value is -3.98. The van der Waals surface area contributed by atoms with Gasteiger partial charge in [0.25, 0.3) is 0 Å². The SMILES string of the molecule is COc1cc2c(cc1NC(=O)CNc1cccc(C#N)c1)oc1ccccc12. The molecule has 0 atom stereocenters. The lowest BCUT2D eigenvalue weighted by Gasteiger charge is -2.11. The maximum absolute atomic E-state index is 12.4. The molecular formula is C22H17N3O3. The summed E-state index contributed by atoms with van der Waals surface area (Å²) in [4.78, 5) is 12.4. The van der Waals surface area contributed by atoms with Gasteiger partial charge < -0.3 is 19.8 Å². The van der Waals surface area contributed by atoms with Crippen LogP contribution in [-0.4, -0.2) is 19.6 Å². The number of furan rings is 1. The maximum atomic E-state index is 12.4. The quantitative estimate of drug-likeness (QED) is 0.539. The van der Waals surface area contributed by atoms with Crippen LogP contribution in [0.3, 0.4) is 0 Å². The van der Waals surface area contributed by atoms with E-state index in [0.717, 1.165) is 16.4 Å². The number of nitriles is 1. The van der Waals surface area contributed by atoms with Crippen LogP contribution in [0.25, 0.3) is 21.9 Å². The number of rotatable bonds is 5. The van der Waals surface area contributed by atoms with E-state index >= 15 is 0 Å². The van der Waals surface area contributed by atoms with Gasteiger partial charge in [-0.15, -0.1) is 0 Å². The Kier molecular flexibility index (Phi) is 4.56. The van der Waals surface area contributed by atoms with Crippen molar-refractivity contribution in [2.75, 3.05) is 24.3 Å². The van der Waals surface area contributed by atoms with Crippen LogP contribution in [0.4, 0.5) is 11.4 Å². The summed E-state index contributed by atoms with van der Waals surface area (Å²) in [7, 11) is 1.56. The molecule has 0 spiro atoms. The number of benzene rings is 3. The summed E-state index contributed by atoms with van der Waals surface area (Å²) in [6, 6.07) is 20.4. The highest BCUT2D eigenvalue weighted by atomic mass is 16.5. The highest BCUT2D eigenvalue weighted by Gasteiger charge is 2.14. The number of carbonyl (C=O) groups excluding carboxylic acids is 1. The summed E-state index contributed by atoms with van der Waals surface area (Å²) in [6.07, 6.45) is 0. The Bertz CT molecular complexity index is 1220. The lowest BCUT2D eigenvalue weighted by atomic mass is 10.1. The van der Waals surface area contributed by atoms with Crippen LogP contribution in [0.5, 0.6) is 5.75 Å². The summed E-state index contributed by atoms with van der Waals surface area (Å²) in [6.45, 7) is 0.0518. The normalized spacial score (nSPS) is 10.6. The van der Waals surface area contributed by atoms with Gasteiger partial charge in [0.05, 0.1) is 31.0 Å². The molecule has 0 aliphatic rings. The lowest BCUT2D eigenvalue weighted by molar-refractivity contribution is -0.114. The van der Waals surface area contributed by atoms with Crippen LogP contribution in [-0.2, 0) is 4.79 Å². The number of hydrogen-bond donors (Lipinski definition) is 2. The molecule has 0 bridgehead atoms. The molecule has 4 rings (SSSR count). The Balaban J connectivity index is 1.55. The number of amides is 1. The molecule has 1 aromatic heterocycles. The van der Waals surface area contributed by atoms with E-state index < -0.39 is 0 Å². The minimum atomic E-state index is -0.240. The van der Waals surface area contributed by atoms with Gasteiger partial charge in [-0.25, -0.2) is 0 Å². The molecule has 4 aromatic rings. The monoisotopic (exact) mass is 371 g/mol. The summed E-state index contributed by atoms with van der Waals surface area (Å²) in [5.74, 6) is 0.315. The zero-order valence-corrected chi connectivity index (χ0v) is 15.2. The third-order valence-electron chi connectivity index (χ3n) is 4.42. The molecule has 2 N–H and O–H groups in total. The standard InChI is InChI=1S/C22H17N3O3/c1-27-21-10-17-16-7-2-3-8-19(16)28-20(17)11-18(21)25-22(26)13-24-15-6-4-5-14(9-15)12-23/h2-11,24H,13H2,1H3,(H,25,26). The van der Waals surface area contributed by atoms with Gasteiger partial charge in [0.2, 0.25) is 5.91 Å². The van der Waals surface area contributed by atoms with Crippen LogP contribution in [0.1, 0.15) is 5.56 Å². The number of methoxy groups -OCH3 is 1. The molecule has 0 fully saturated rings. The highest BCUT2D eigenvalue weighted by molar-refractivity contribution is 6.08. The van der Waals surface area contributed by atoms with Gasteiger partial charge in [-0.05, 0) is 30.3 Å². The van der Waals surface area contributed by atoms with Gasteiger partial charge in [-0.2, -0.15) is 5.26 Å². The predicted octanol–water partition coefficient (Wildman–Crippen LogP) is 4.52. The smallest absolute Gasteiger partial charge is 0.243 e. The van der Waals surface area contributed by atoms with Crippen molar-refractivity contribution in [2.45, 2.75) is 0 Å². The molecule has 6 nitrogen and oxygen atoms in total. The first-order valence-corrected chi connectivity index (χ1v) is 8.71. The molecule has 0 radical (unpaired) electrons. The molecule has 0 unspecified atom stereocenters. The number of nitrogens with one attached hydrogen (secondary N) is 2. The molecule has 0 aliphatic carbocycles. The Morgan fingerprint density at radius 1 is 1.07 bits per heavy atom. The number of hydrogen-bond acceptors (Lipinski definition) is 5. The van der Waals surface area contributed by atoms with E-state index in [9.17, 15) is 4.79 Å². The second kappa shape index (κ2) is 7.33. The summed E-state index contributed by atoms with van der Waals surface area (Å²) < 4.78 is 11.3. The lowest BCUT2D eigenvalue weighted by Crippen LogP contribution is -2.22. The molecule has 1 amide bonds. The van der Waals surface area contributed by atoms with Crippen molar-refractivity contribution < 1.29 is 13.9 Å². The zero-order valence-electron chi connectivity index (χ0n) is 15.2. The van der Waals surface area contributed by atoms with Gasteiger partial charge in [0.15, 0.2) is 0 Å². The molecule has 0 aliphatic heterocycles. The molecule has 0 saturated heterocycles. The van der Waals surface area contributed by atoms with E-state index in [-0.39, 0.29) is 12.5 Å². The van der Waals surface area contributed by atoms with Gasteiger partial charge in [-0.1, -0.05) is 24.3 Å². The van der Waals surface area contributed by atoms with Gasteiger partial charge in [0, 0.05) is 22.5 Å². The Morgan fingerprint density at radius 2 is 1.93 bits per heavy atom. The topological polar surface area (TPSA) is 87.3 Å². The Labute approximate surface area is 161 Å². The summed E-state index contributed by atoms with van der Waals surface area (Å²) in [5.41, 5.74) is 3.22. The molecule has 28 heavy (non-hydrogen) atoms. The van der Waals surface area contributed by atoms with E-state index in [2.05, 4.69) is 16.7 Å². The minimum absolute atomic E-state index is 0.0518. The van der Waals surface area contributed by atoms with Gasteiger partial charge in [0.1, 0.15) is 16.9 Å². The molecular weight excluding hydrogens is 354 g/mol. The fourth-order valence-electron chi connectivity index (χ4n) is 3.09. The van der Waals surface area contributed by atoms with Crippen molar-refractivity contribution >= 4 is 39.2 Å². The number of carbonyl (C=O) groups is 1. The molecule has 6 heteroatoms. The second-order valence-corrected chi connectivity index (χ2v) is 6.24. The average Bonchev–Trinajstić information content (AvgIpc) is 3.09. The number of anilines is 2. The first-order chi connectivity index (χ1) is 13.7. The van der Waals surface area contributed by atoms with E-state index in [1.165, 1.54) is 0 Å². The van der Waals surface area contributed by atoms with Crippen molar-refractivity contribution in [3.63, 3.8) is 0 Å². The van der Waals surface area contributed by atoms with Crippen molar-refractivity contribution in [1.82, 2.24) is 0 Å². The van der Waals surface area contributed by atoms with Crippen molar-refractivity contribution in [3.8, 4) is 11.8 Å². The van der Waals surface area contributed by atoms with Crippen LogP contribution in [0.2, 0.25) is 0 Å². The zero-order chi connectivity index (χ0) is 19.5. The average molecular weight is 371 g/mol. The number of para-hydroxylation sites is 1. The van der Waals surface area contributed by atoms with E-state index in [1.54, 1.807) is 37.4 Å². The van der Waals surface area contributed by atoms with Gasteiger partial charge in [-0.3, -0.25) is 4.79 Å². The van der Waals surface area contributed by atoms with Crippen LogP contribution in [0, 0.1) is 11.3 Å². The number of fused-ring (bicyclic) bond motifs is 3. The molecule has 0 saturated carbocycles. The second-order valence-electron chi connectivity index (χ2n) is 6.24. The van der Waals surface area contributed by atoms with E-state index in [4.69, 9.17) is 14.4 Å². The van der Waals surface area contributed by atoms with Crippen LogP contribution >= 0.6 is 0 Å². The van der Waals surface area contributed by atoms with E-state index in [1.807, 2.05) is 30.3 Å². The van der Waals surface area contributed by atoms with Crippen molar-refractivity contribution in [3.05, 3.63) is 66.2 Å². The van der Waals surface area contributed by atoms with Crippen LogP contribution < -0.4 is 15.4 Å².